The van der Waals surface area contributed by atoms with Crippen molar-refractivity contribution < 1.29 is 9.18 Å². The second-order valence-corrected chi connectivity index (χ2v) is 5.65. The Morgan fingerprint density at radius 1 is 0.760 bits per heavy atom. The van der Waals surface area contributed by atoms with E-state index in [1.165, 1.54) is 18.2 Å². The Morgan fingerprint density at radius 2 is 1.40 bits per heavy atom. The molecular weight excluding hydrogens is 341 g/mol. The molecule has 0 fully saturated rings. The van der Waals surface area contributed by atoms with E-state index < -0.39 is 11.8 Å². The number of carbonyl (C=O) groups is 1. The van der Waals surface area contributed by atoms with Gasteiger partial charge in [-0.3, -0.25) is 0 Å². The average Bonchev–Trinajstić information content (AvgIpc) is 2.61. The first-order chi connectivity index (χ1) is 12.1. The number of halogens is 2. The van der Waals surface area contributed by atoms with E-state index in [1.807, 2.05) is 42.5 Å². The maximum Gasteiger partial charge on any atom is 0.323 e. The van der Waals surface area contributed by atoms with Crippen LogP contribution in [-0.2, 0) is 0 Å². The molecule has 6 heteroatoms. The first kappa shape index (κ1) is 16.8. The van der Waals surface area contributed by atoms with E-state index in [2.05, 4.69) is 16.0 Å². The SMILES string of the molecule is O=C(Nc1ccc(Nc2ccccc2)cc1)Nc1c(F)cccc1Cl. The summed E-state index contributed by atoms with van der Waals surface area (Å²) in [6.45, 7) is 0. The van der Waals surface area contributed by atoms with Gasteiger partial charge in [0, 0.05) is 17.1 Å². The number of nitrogens with one attached hydrogen (secondary N) is 3. The van der Waals surface area contributed by atoms with Gasteiger partial charge in [-0.1, -0.05) is 35.9 Å². The Hall–Kier alpha value is -3.05. The molecule has 0 radical (unpaired) electrons. The lowest BCUT2D eigenvalue weighted by molar-refractivity contribution is 0.262. The number of urea groups is 1. The minimum atomic E-state index is -0.593. The highest BCUT2D eigenvalue weighted by molar-refractivity contribution is 6.33. The molecule has 0 saturated carbocycles. The molecule has 3 aromatic carbocycles. The molecule has 3 N–H and O–H groups in total. The van der Waals surface area contributed by atoms with Crippen LogP contribution in [0.5, 0.6) is 0 Å². The number of benzene rings is 3. The van der Waals surface area contributed by atoms with Crippen LogP contribution >= 0.6 is 11.6 Å². The van der Waals surface area contributed by atoms with Crippen LogP contribution in [0.2, 0.25) is 5.02 Å². The van der Waals surface area contributed by atoms with Crippen LogP contribution in [0.25, 0.3) is 0 Å². The molecule has 0 saturated heterocycles. The molecule has 0 aliphatic rings. The summed E-state index contributed by atoms with van der Waals surface area (Å²) in [4.78, 5) is 12.0. The van der Waals surface area contributed by atoms with Crippen LogP contribution in [0.3, 0.4) is 0 Å². The second-order valence-electron chi connectivity index (χ2n) is 5.24. The van der Waals surface area contributed by atoms with Gasteiger partial charge in [0.05, 0.1) is 10.7 Å². The lowest BCUT2D eigenvalue weighted by atomic mass is 10.2. The number of hydrogen-bond acceptors (Lipinski definition) is 2. The highest BCUT2D eigenvalue weighted by atomic mass is 35.5. The van der Waals surface area contributed by atoms with E-state index in [0.29, 0.717) is 5.69 Å². The van der Waals surface area contributed by atoms with Crippen LogP contribution in [0.4, 0.5) is 31.9 Å². The molecule has 3 rings (SSSR count). The monoisotopic (exact) mass is 355 g/mol. The van der Waals surface area contributed by atoms with Crippen molar-refractivity contribution in [1.29, 1.82) is 0 Å². The molecule has 0 atom stereocenters. The second kappa shape index (κ2) is 7.68. The maximum absolute atomic E-state index is 13.7. The summed E-state index contributed by atoms with van der Waals surface area (Å²) >= 11 is 5.88. The number of para-hydroxylation sites is 2. The van der Waals surface area contributed by atoms with Gasteiger partial charge >= 0.3 is 6.03 Å². The van der Waals surface area contributed by atoms with Crippen molar-refractivity contribution in [3.8, 4) is 0 Å². The van der Waals surface area contributed by atoms with Crippen molar-refractivity contribution in [1.82, 2.24) is 0 Å². The Kier molecular flexibility index (Phi) is 5.16. The quantitative estimate of drug-likeness (QED) is 0.548. The maximum atomic E-state index is 13.7. The number of hydrogen-bond donors (Lipinski definition) is 3. The molecule has 4 nitrogen and oxygen atoms in total. The van der Waals surface area contributed by atoms with E-state index in [4.69, 9.17) is 11.6 Å². The van der Waals surface area contributed by atoms with Gasteiger partial charge in [-0.25, -0.2) is 9.18 Å². The van der Waals surface area contributed by atoms with Crippen molar-refractivity contribution in [3.63, 3.8) is 0 Å². The summed E-state index contributed by atoms with van der Waals surface area (Å²) in [7, 11) is 0. The van der Waals surface area contributed by atoms with Crippen LogP contribution in [0.1, 0.15) is 0 Å². The third kappa shape index (κ3) is 4.49. The predicted molar refractivity (Wildman–Crippen MR) is 100 cm³/mol. The first-order valence-electron chi connectivity index (χ1n) is 7.56. The van der Waals surface area contributed by atoms with Gasteiger partial charge in [0.15, 0.2) is 0 Å². The minimum absolute atomic E-state index is 0.0518. The zero-order valence-corrected chi connectivity index (χ0v) is 13.8. The summed E-state index contributed by atoms with van der Waals surface area (Å²) < 4.78 is 13.7. The zero-order chi connectivity index (χ0) is 17.6. The largest absolute Gasteiger partial charge is 0.356 e. The van der Waals surface area contributed by atoms with Crippen LogP contribution in [0, 0.1) is 5.82 Å². The first-order valence-corrected chi connectivity index (χ1v) is 7.94. The fourth-order valence-corrected chi connectivity index (χ4v) is 2.43. The molecule has 0 aromatic heterocycles. The van der Waals surface area contributed by atoms with Gasteiger partial charge < -0.3 is 16.0 Å². The van der Waals surface area contributed by atoms with Crippen LogP contribution < -0.4 is 16.0 Å². The van der Waals surface area contributed by atoms with Crippen LogP contribution in [0.15, 0.2) is 72.8 Å². The third-order valence-electron chi connectivity index (χ3n) is 3.41. The normalized spacial score (nSPS) is 10.2. The summed E-state index contributed by atoms with van der Waals surface area (Å²) in [6, 6.07) is 20.5. The number of amides is 2. The van der Waals surface area contributed by atoms with Gasteiger partial charge in [0.1, 0.15) is 5.82 Å². The van der Waals surface area contributed by atoms with E-state index in [9.17, 15) is 9.18 Å². The molecule has 0 spiro atoms. The minimum Gasteiger partial charge on any atom is -0.356 e. The lowest BCUT2D eigenvalue weighted by Crippen LogP contribution is -2.20. The van der Waals surface area contributed by atoms with E-state index >= 15 is 0 Å². The van der Waals surface area contributed by atoms with Crippen LogP contribution in [-0.4, -0.2) is 6.03 Å². The Balaban J connectivity index is 1.62. The molecule has 126 valence electrons. The Labute approximate surface area is 149 Å². The molecule has 0 heterocycles. The van der Waals surface area contributed by atoms with Crippen molar-refractivity contribution in [2.75, 3.05) is 16.0 Å². The zero-order valence-electron chi connectivity index (χ0n) is 13.1. The topological polar surface area (TPSA) is 53.2 Å². The van der Waals surface area contributed by atoms with Gasteiger partial charge in [-0.15, -0.1) is 0 Å². The smallest absolute Gasteiger partial charge is 0.323 e. The highest BCUT2D eigenvalue weighted by Crippen LogP contribution is 2.25. The average molecular weight is 356 g/mol. The van der Waals surface area contributed by atoms with E-state index in [1.54, 1.807) is 12.1 Å². The summed E-state index contributed by atoms with van der Waals surface area (Å²) in [5.41, 5.74) is 2.37. The van der Waals surface area contributed by atoms with Crippen molar-refractivity contribution in [2.24, 2.45) is 0 Å². The number of carbonyl (C=O) groups excluding carboxylic acids is 1. The van der Waals surface area contributed by atoms with E-state index in [-0.39, 0.29) is 10.7 Å². The fourth-order valence-electron chi connectivity index (χ4n) is 2.22. The Bertz CT molecular complexity index is 849. The molecule has 25 heavy (non-hydrogen) atoms. The number of anilines is 4. The Morgan fingerprint density at radius 3 is 2.08 bits per heavy atom. The third-order valence-corrected chi connectivity index (χ3v) is 3.72. The standard InChI is InChI=1S/C19H15ClFN3O/c20-16-7-4-8-17(21)18(16)24-19(25)23-15-11-9-14(10-12-15)22-13-5-2-1-3-6-13/h1-12,22H,(H2,23,24,25). The molecule has 0 bridgehead atoms. The van der Waals surface area contributed by atoms with Crippen molar-refractivity contribution in [2.45, 2.75) is 0 Å². The van der Waals surface area contributed by atoms with Gasteiger partial charge in [0.25, 0.3) is 0 Å². The predicted octanol–water partition coefficient (Wildman–Crippen LogP) is 5.87. The van der Waals surface area contributed by atoms with Gasteiger partial charge in [-0.05, 0) is 48.5 Å². The van der Waals surface area contributed by atoms with Crippen molar-refractivity contribution in [3.05, 3.63) is 83.6 Å². The number of rotatable bonds is 4. The molecule has 0 unspecified atom stereocenters. The fraction of sp³-hybridized carbons (Fsp3) is 0. The van der Waals surface area contributed by atoms with E-state index in [0.717, 1.165) is 11.4 Å². The summed E-state index contributed by atoms with van der Waals surface area (Å²) in [5.74, 6) is -0.593. The lowest BCUT2D eigenvalue weighted by Gasteiger charge is -2.11. The highest BCUT2D eigenvalue weighted by Gasteiger charge is 2.10. The van der Waals surface area contributed by atoms with Crippen molar-refractivity contribution >= 4 is 40.4 Å². The molecule has 2 amide bonds. The summed E-state index contributed by atoms with van der Waals surface area (Å²) in [5, 5.41) is 8.42. The summed E-state index contributed by atoms with van der Waals surface area (Å²) in [6.07, 6.45) is 0. The van der Waals surface area contributed by atoms with Gasteiger partial charge in [0.2, 0.25) is 0 Å². The van der Waals surface area contributed by atoms with Gasteiger partial charge in [-0.2, -0.15) is 0 Å². The molecule has 0 aliphatic heterocycles. The molecule has 0 aliphatic carbocycles. The molecular formula is C19H15ClFN3O. The molecule has 3 aromatic rings.